The fourth-order valence-electron chi connectivity index (χ4n) is 2.17. The Morgan fingerprint density at radius 1 is 1.11 bits per heavy atom. The summed E-state index contributed by atoms with van der Waals surface area (Å²) in [6.45, 7) is 4.39. The third-order valence-corrected chi connectivity index (χ3v) is 2.96. The van der Waals surface area contributed by atoms with E-state index in [0.29, 0.717) is 26.1 Å². The normalized spacial score (nSPS) is 17.0. The average Bonchev–Trinajstić information content (AvgIpc) is 2.25. The van der Waals surface area contributed by atoms with Gasteiger partial charge >= 0.3 is 71.1 Å². The Labute approximate surface area is 160 Å². The molecule has 1 heterocycles. The molecule has 7 heteroatoms. The maximum absolute atomic E-state index is 11.3. The topological polar surface area (TPSA) is 83.8 Å². The van der Waals surface area contributed by atoms with Crippen LogP contribution in [-0.2, 0) is 14.3 Å². The summed E-state index contributed by atoms with van der Waals surface area (Å²) < 4.78 is 5.17. The van der Waals surface area contributed by atoms with Gasteiger partial charge in [-0.2, -0.15) is 0 Å². The first-order chi connectivity index (χ1) is 7.95. The molecule has 0 saturated carbocycles. The van der Waals surface area contributed by atoms with Crippen LogP contribution in [0.25, 0.3) is 0 Å². The molecule has 0 aromatic heterocycles. The third-order valence-electron chi connectivity index (χ3n) is 2.96. The van der Waals surface area contributed by atoms with Crippen LogP contribution in [0.15, 0.2) is 11.1 Å². The molecular formula is C12H20Na2O5. The summed E-state index contributed by atoms with van der Waals surface area (Å²) in [5.74, 6) is -2.77. The zero-order valence-corrected chi connectivity index (χ0v) is 16.1. The maximum Gasteiger partial charge on any atom is 1.00 e. The van der Waals surface area contributed by atoms with Crippen LogP contribution in [0, 0.1) is 11.8 Å². The Kier molecular flexibility index (Phi) is 12.0. The van der Waals surface area contributed by atoms with Crippen molar-refractivity contribution in [1.82, 2.24) is 0 Å². The number of carbonyl (C=O) groups is 2. The molecule has 5 nitrogen and oxygen atoms in total. The van der Waals surface area contributed by atoms with Crippen LogP contribution >= 0.6 is 0 Å². The van der Waals surface area contributed by atoms with E-state index in [0.717, 1.165) is 0 Å². The second-order valence-electron chi connectivity index (χ2n) is 4.48. The van der Waals surface area contributed by atoms with Crippen molar-refractivity contribution >= 4 is 11.9 Å². The quantitative estimate of drug-likeness (QED) is 0.405. The summed E-state index contributed by atoms with van der Waals surface area (Å²) in [7, 11) is 0. The smallest absolute Gasteiger partial charge is 1.00 e. The summed E-state index contributed by atoms with van der Waals surface area (Å²) in [5, 5.41) is 18.4. The van der Waals surface area contributed by atoms with Crippen LogP contribution < -0.4 is 59.1 Å². The van der Waals surface area contributed by atoms with Crippen molar-refractivity contribution in [2.24, 2.45) is 11.8 Å². The van der Waals surface area contributed by atoms with Crippen molar-refractivity contribution in [3.63, 3.8) is 0 Å². The van der Waals surface area contributed by atoms with Gasteiger partial charge in [-0.15, -0.1) is 0 Å². The van der Waals surface area contributed by atoms with E-state index in [1.807, 2.05) is 0 Å². The molecule has 0 aromatic carbocycles. The molecule has 1 aliphatic heterocycles. The minimum absolute atomic E-state index is 0. The van der Waals surface area contributed by atoms with Crippen molar-refractivity contribution in [3.8, 4) is 0 Å². The van der Waals surface area contributed by atoms with E-state index >= 15 is 0 Å². The van der Waals surface area contributed by atoms with Gasteiger partial charge in [0, 0.05) is 13.2 Å². The fourth-order valence-corrected chi connectivity index (χ4v) is 2.17. The molecule has 0 aliphatic carbocycles. The molecular weight excluding hydrogens is 270 g/mol. The summed E-state index contributed by atoms with van der Waals surface area (Å²) in [6, 6.07) is 0. The van der Waals surface area contributed by atoms with Gasteiger partial charge < -0.3 is 17.8 Å². The minimum Gasteiger partial charge on any atom is -1.00 e. The SMILES string of the molecule is CC(C)/C(C(=O)O)=C(/C(=O)O)C1CCOCC1.[H-].[H-].[Na+].[Na+]. The monoisotopic (exact) mass is 290 g/mol. The zero-order chi connectivity index (χ0) is 13.0. The summed E-state index contributed by atoms with van der Waals surface area (Å²) >= 11 is 0. The van der Waals surface area contributed by atoms with E-state index in [1.54, 1.807) is 13.8 Å². The number of carboxylic acids is 2. The summed E-state index contributed by atoms with van der Waals surface area (Å²) in [4.78, 5) is 22.5. The van der Waals surface area contributed by atoms with E-state index in [4.69, 9.17) is 9.84 Å². The van der Waals surface area contributed by atoms with Gasteiger partial charge in [0.25, 0.3) is 0 Å². The van der Waals surface area contributed by atoms with Crippen LogP contribution in [0.4, 0.5) is 0 Å². The number of hydrogen-bond acceptors (Lipinski definition) is 3. The molecule has 0 bridgehead atoms. The van der Waals surface area contributed by atoms with Gasteiger partial charge in [-0.05, 0) is 24.7 Å². The van der Waals surface area contributed by atoms with Gasteiger partial charge in [-0.1, -0.05) is 13.8 Å². The van der Waals surface area contributed by atoms with E-state index < -0.39 is 11.9 Å². The van der Waals surface area contributed by atoms with E-state index in [1.165, 1.54) is 0 Å². The molecule has 0 aromatic rings. The zero-order valence-electron chi connectivity index (χ0n) is 14.1. The first kappa shape index (κ1) is 21.9. The Balaban J connectivity index is -0.000000361. The minimum atomic E-state index is -1.14. The van der Waals surface area contributed by atoms with Crippen LogP contribution in [0.3, 0.4) is 0 Å². The molecule has 2 N–H and O–H groups in total. The first-order valence-electron chi connectivity index (χ1n) is 5.73. The molecule has 1 aliphatic rings. The van der Waals surface area contributed by atoms with Crippen LogP contribution in [0.5, 0.6) is 0 Å². The Morgan fingerprint density at radius 3 is 1.89 bits per heavy atom. The van der Waals surface area contributed by atoms with Crippen LogP contribution in [-0.4, -0.2) is 35.4 Å². The van der Waals surface area contributed by atoms with Gasteiger partial charge in [0.05, 0.1) is 11.1 Å². The first-order valence-corrected chi connectivity index (χ1v) is 5.73. The second-order valence-corrected chi connectivity index (χ2v) is 4.48. The van der Waals surface area contributed by atoms with Crippen molar-refractivity contribution in [2.45, 2.75) is 26.7 Å². The number of ether oxygens (including phenoxy) is 1. The molecule has 19 heavy (non-hydrogen) atoms. The Bertz CT molecular complexity index is 356. The molecule has 100 valence electrons. The Morgan fingerprint density at radius 2 is 1.58 bits per heavy atom. The van der Waals surface area contributed by atoms with E-state index in [9.17, 15) is 14.7 Å². The Hall–Kier alpha value is 0.640. The second kappa shape index (κ2) is 10.4. The molecule has 0 atom stereocenters. The summed E-state index contributed by atoms with van der Waals surface area (Å²) in [6.07, 6.45) is 1.15. The number of carboxylic acid groups (broad SMARTS) is 2. The van der Waals surface area contributed by atoms with Gasteiger partial charge in [0.15, 0.2) is 0 Å². The van der Waals surface area contributed by atoms with Crippen molar-refractivity contribution in [1.29, 1.82) is 0 Å². The maximum atomic E-state index is 11.3. The van der Waals surface area contributed by atoms with Gasteiger partial charge in [0.1, 0.15) is 0 Å². The van der Waals surface area contributed by atoms with Crippen molar-refractivity contribution < 1.29 is 86.5 Å². The molecule has 0 amide bonds. The molecule has 0 unspecified atom stereocenters. The molecule has 0 radical (unpaired) electrons. The van der Waals surface area contributed by atoms with Gasteiger partial charge in [-0.3, -0.25) is 0 Å². The molecule has 1 saturated heterocycles. The van der Waals surface area contributed by atoms with Crippen LogP contribution in [0.1, 0.15) is 29.5 Å². The van der Waals surface area contributed by atoms with Crippen molar-refractivity contribution in [3.05, 3.63) is 11.1 Å². The standard InChI is InChI=1S/C12H18O5.2Na.2H/c1-7(2)9(11(13)14)10(12(15)16)8-3-5-17-6-4-8;;;;/h7-8H,3-6H2,1-2H3,(H,13,14)(H,15,16);;;;/q;2*+1;2*-1/b10-9-;;;;. The molecule has 0 spiro atoms. The molecule has 1 rings (SSSR count). The summed E-state index contributed by atoms with van der Waals surface area (Å²) in [5.41, 5.74) is 0.0696. The number of hydrogen-bond donors (Lipinski definition) is 2. The third kappa shape index (κ3) is 6.29. The van der Waals surface area contributed by atoms with Crippen LogP contribution in [0.2, 0.25) is 0 Å². The molecule has 1 fully saturated rings. The van der Waals surface area contributed by atoms with Gasteiger partial charge in [0.2, 0.25) is 0 Å². The predicted molar refractivity (Wildman–Crippen MR) is 62.9 cm³/mol. The average molecular weight is 290 g/mol. The fraction of sp³-hybridized carbons (Fsp3) is 0.667. The van der Waals surface area contributed by atoms with Gasteiger partial charge in [-0.25, -0.2) is 9.59 Å². The van der Waals surface area contributed by atoms with E-state index in [2.05, 4.69) is 0 Å². The largest absolute Gasteiger partial charge is 1.00 e. The van der Waals surface area contributed by atoms with Crippen molar-refractivity contribution in [2.75, 3.05) is 13.2 Å². The number of rotatable bonds is 4. The number of aliphatic carboxylic acids is 2. The van der Waals surface area contributed by atoms with E-state index in [-0.39, 0.29) is 84.9 Å². The predicted octanol–water partition coefficient (Wildman–Crippen LogP) is -4.23.